The van der Waals surface area contributed by atoms with Crippen molar-refractivity contribution in [2.75, 3.05) is 20.8 Å². The molecule has 0 saturated carbocycles. The summed E-state index contributed by atoms with van der Waals surface area (Å²) < 4.78 is 26.3. The highest BCUT2D eigenvalue weighted by Gasteiger charge is 2.35. The second-order valence-electron chi connectivity index (χ2n) is 7.24. The number of aryl methyl sites for hydroxylation is 1. The SMILES string of the molecule is COc1cc(C2=C(c3cn(CCCO)c4ccc(F)cc34)C(=O)NC2=O)cc(OC)c1O. The molecule has 0 atom stereocenters. The molecule has 0 radical (unpaired) electrons. The smallest absolute Gasteiger partial charge is 0.259 e. The first-order chi connectivity index (χ1) is 15.4. The number of ether oxygens (including phenoxy) is 2. The zero-order valence-electron chi connectivity index (χ0n) is 17.4. The lowest BCUT2D eigenvalue weighted by Crippen LogP contribution is -2.22. The first-order valence-electron chi connectivity index (χ1n) is 9.84. The van der Waals surface area contributed by atoms with Crippen LogP contribution >= 0.6 is 0 Å². The summed E-state index contributed by atoms with van der Waals surface area (Å²) in [6.07, 6.45) is 2.13. The topological polar surface area (TPSA) is 110 Å². The zero-order valence-corrected chi connectivity index (χ0v) is 17.4. The van der Waals surface area contributed by atoms with Gasteiger partial charge in [-0.05, 0) is 42.3 Å². The number of aliphatic hydroxyl groups excluding tert-OH is 1. The highest BCUT2D eigenvalue weighted by atomic mass is 19.1. The largest absolute Gasteiger partial charge is 0.502 e. The van der Waals surface area contributed by atoms with Gasteiger partial charge in [-0.3, -0.25) is 14.9 Å². The number of aromatic nitrogens is 1. The van der Waals surface area contributed by atoms with Gasteiger partial charge in [0, 0.05) is 35.8 Å². The van der Waals surface area contributed by atoms with Crippen molar-refractivity contribution in [3.63, 3.8) is 0 Å². The van der Waals surface area contributed by atoms with Crippen LogP contribution in [0.2, 0.25) is 0 Å². The third-order valence-electron chi connectivity index (χ3n) is 5.37. The number of imide groups is 1. The minimum atomic E-state index is -0.632. The summed E-state index contributed by atoms with van der Waals surface area (Å²) in [5.41, 5.74) is 1.46. The van der Waals surface area contributed by atoms with E-state index in [0.717, 1.165) is 0 Å². The van der Waals surface area contributed by atoms with Crippen LogP contribution < -0.4 is 14.8 Å². The summed E-state index contributed by atoms with van der Waals surface area (Å²) in [5, 5.41) is 22.2. The molecule has 0 fully saturated rings. The summed E-state index contributed by atoms with van der Waals surface area (Å²) in [4.78, 5) is 25.6. The number of benzene rings is 2. The lowest BCUT2D eigenvalue weighted by atomic mass is 9.95. The Kier molecular flexibility index (Phi) is 5.58. The van der Waals surface area contributed by atoms with Gasteiger partial charge in [0.2, 0.25) is 5.75 Å². The molecule has 0 bridgehead atoms. The Balaban J connectivity index is 2.01. The molecule has 32 heavy (non-hydrogen) atoms. The number of nitrogens with zero attached hydrogens (tertiary/aromatic N) is 1. The van der Waals surface area contributed by atoms with E-state index in [1.165, 1.54) is 38.5 Å². The van der Waals surface area contributed by atoms with Crippen molar-refractivity contribution in [1.82, 2.24) is 9.88 Å². The van der Waals surface area contributed by atoms with E-state index in [2.05, 4.69) is 5.32 Å². The van der Waals surface area contributed by atoms with Crippen LogP contribution in [-0.4, -0.2) is 47.4 Å². The number of nitrogens with one attached hydrogen (secondary N) is 1. The molecular weight excluding hydrogens is 419 g/mol. The van der Waals surface area contributed by atoms with Crippen molar-refractivity contribution in [1.29, 1.82) is 0 Å². The molecular formula is C23H21FN2O6. The first-order valence-corrected chi connectivity index (χ1v) is 9.84. The highest BCUT2D eigenvalue weighted by Crippen LogP contribution is 2.42. The minimum absolute atomic E-state index is 0.0315. The predicted molar refractivity (Wildman–Crippen MR) is 115 cm³/mol. The van der Waals surface area contributed by atoms with Crippen LogP contribution in [0, 0.1) is 5.82 Å². The monoisotopic (exact) mass is 440 g/mol. The van der Waals surface area contributed by atoms with E-state index in [4.69, 9.17) is 9.47 Å². The average molecular weight is 440 g/mol. The Morgan fingerprint density at radius 3 is 2.31 bits per heavy atom. The fourth-order valence-corrected chi connectivity index (χ4v) is 3.92. The van der Waals surface area contributed by atoms with Gasteiger partial charge in [-0.2, -0.15) is 0 Å². The number of aliphatic hydroxyl groups is 1. The van der Waals surface area contributed by atoms with Gasteiger partial charge < -0.3 is 24.3 Å². The fourth-order valence-electron chi connectivity index (χ4n) is 3.92. The molecule has 0 spiro atoms. The second kappa shape index (κ2) is 8.35. The molecule has 8 nitrogen and oxygen atoms in total. The van der Waals surface area contributed by atoms with Gasteiger partial charge in [0.25, 0.3) is 11.8 Å². The number of hydrogen-bond acceptors (Lipinski definition) is 6. The van der Waals surface area contributed by atoms with Crippen LogP contribution in [0.4, 0.5) is 4.39 Å². The number of carbonyl (C=O) groups excluding carboxylic acids is 2. The van der Waals surface area contributed by atoms with Gasteiger partial charge >= 0.3 is 0 Å². The van der Waals surface area contributed by atoms with E-state index in [1.54, 1.807) is 16.8 Å². The van der Waals surface area contributed by atoms with Crippen LogP contribution in [0.25, 0.3) is 22.0 Å². The van der Waals surface area contributed by atoms with Crippen LogP contribution in [-0.2, 0) is 16.1 Å². The summed E-state index contributed by atoms with van der Waals surface area (Å²) in [5.74, 6) is -1.86. The fraction of sp³-hybridized carbons (Fsp3) is 0.217. The number of fused-ring (bicyclic) bond motifs is 1. The number of phenols is 1. The zero-order chi connectivity index (χ0) is 23.0. The van der Waals surface area contributed by atoms with Crippen LogP contribution in [0.3, 0.4) is 0 Å². The number of halogens is 1. The molecule has 3 aromatic rings. The van der Waals surface area contributed by atoms with Crippen molar-refractivity contribution in [3.05, 3.63) is 53.5 Å². The number of phenolic OH excluding ortho intramolecular Hbond substituents is 1. The minimum Gasteiger partial charge on any atom is -0.502 e. The van der Waals surface area contributed by atoms with Crippen LogP contribution in [0.1, 0.15) is 17.5 Å². The maximum absolute atomic E-state index is 14.1. The quantitative estimate of drug-likeness (QED) is 0.487. The van der Waals surface area contributed by atoms with Gasteiger partial charge in [0.1, 0.15) is 5.82 Å². The Morgan fingerprint density at radius 1 is 1.03 bits per heavy atom. The molecule has 2 heterocycles. The van der Waals surface area contributed by atoms with E-state index in [0.29, 0.717) is 35.0 Å². The first kappa shape index (κ1) is 21.4. The average Bonchev–Trinajstić information content (AvgIpc) is 3.27. The van der Waals surface area contributed by atoms with Gasteiger partial charge in [-0.15, -0.1) is 0 Å². The maximum atomic E-state index is 14.1. The van der Waals surface area contributed by atoms with Gasteiger partial charge in [0.05, 0.1) is 25.4 Å². The number of methoxy groups -OCH3 is 2. The molecule has 166 valence electrons. The van der Waals surface area contributed by atoms with Crippen molar-refractivity contribution < 1.29 is 33.7 Å². The van der Waals surface area contributed by atoms with E-state index < -0.39 is 17.6 Å². The van der Waals surface area contributed by atoms with Crippen molar-refractivity contribution >= 4 is 33.9 Å². The van der Waals surface area contributed by atoms with Crippen molar-refractivity contribution in [2.24, 2.45) is 0 Å². The normalized spacial score (nSPS) is 13.8. The molecule has 9 heteroatoms. The Labute approximate surface area is 182 Å². The van der Waals surface area contributed by atoms with Gasteiger partial charge in [0.15, 0.2) is 11.5 Å². The molecule has 4 rings (SSSR count). The van der Waals surface area contributed by atoms with Crippen molar-refractivity contribution in [3.8, 4) is 17.2 Å². The number of carbonyl (C=O) groups is 2. The molecule has 2 amide bonds. The van der Waals surface area contributed by atoms with E-state index >= 15 is 0 Å². The number of rotatable bonds is 7. The molecule has 1 aliphatic rings. The standard InChI is InChI=1S/C23H21FN2O6/c1-31-17-8-12(9-18(32-2)21(17)28)19-20(23(30)25-22(19)29)15-11-26(6-3-7-27)16-5-4-13(24)10-14(15)16/h4-5,8-11,27-28H,3,6-7H2,1-2H3,(H,25,29,30). The lowest BCUT2D eigenvalue weighted by molar-refractivity contribution is -0.122. The summed E-state index contributed by atoms with van der Waals surface area (Å²) in [6.45, 7) is 0.411. The van der Waals surface area contributed by atoms with Crippen LogP contribution in [0.15, 0.2) is 36.5 Å². The van der Waals surface area contributed by atoms with Gasteiger partial charge in [-0.1, -0.05) is 0 Å². The predicted octanol–water partition coefficient (Wildman–Crippen LogP) is 2.45. The Morgan fingerprint density at radius 2 is 1.69 bits per heavy atom. The molecule has 0 unspecified atom stereocenters. The summed E-state index contributed by atoms with van der Waals surface area (Å²) in [7, 11) is 2.70. The van der Waals surface area contributed by atoms with E-state index in [-0.39, 0.29) is 35.0 Å². The summed E-state index contributed by atoms with van der Waals surface area (Å²) >= 11 is 0. The Hall–Kier alpha value is -3.85. The van der Waals surface area contributed by atoms with Gasteiger partial charge in [-0.25, -0.2) is 4.39 Å². The molecule has 0 saturated heterocycles. The molecule has 3 N–H and O–H groups in total. The molecule has 0 aliphatic carbocycles. The molecule has 1 aromatic heterocycles. The Bertz CT molecular complexity index is 1250. The maximum Gasteiger partial charge on any atom is 0.259 e. The molecule has 2 aromatic carbocycles. The number of amides is 2. The second-order valence-corrected chi connectivity index (χ2v) is 7.24. The molecule has 1 aliphatic heterocycles. The third kappa shape index (κ3) is 3.46. The van der Waals surface area contributed by atoms with Crippen molar-refractivity contribution in [2.45, 2.75) is 13.0 Å². The third-order valence-corrected chi connectivity index (χ3v) is 5.37. The lowest BCUT2D eigenvalue weighted by Gasteiger charge is -2.12. The summed E-state index contributed by atoms with van der Waals surface area (Å²) in [6, 6.07) is 7.06. The number of hydrogen-bond donors (Lipinski definition) is 3. The van der Waals surface area contributed by atoms with Crippen LogP contribution in [0.5, 0.6) is 17.2 Å². The van der Waals surface area contributed by atoms with E-state index in [1.807, 2.05) is 0 Å². The number of aromatic hydroxyl groups is 1. The highest BCUT2D eigenvalue weighted by molar-refractivity contribution is 6.50. The van der Waals surface area contributed by atoms with E-state index in [9.17, 15) is 24.2 Å².